The number of hydrogen-bond acceptors (Lipinski definition) is 4. The summed E-state index contributed by atoms with van der Waals surface area (Å²) in [5.41, 5.74) is 0.433. The minimum absolute atomic E-state index is 0.271. The van der Waals surface area contributed by atoms with Gasteiger partial charge in [0, 0.05) is 12.1 Å². The van der Waals surface area contributed by atoms with Gasteiger partial charge in [0.15, 0.2) is 11.5 Å². The smallest absolute Gasteiger partial charge is 0.326 e. The van der Waals surface area contributed by atoms with Crippen molar-refractivity contribution in [2.45, 2.75) is 18.9 Å². The molecule has 3 rings (SSSR count). The van der Waals surface area contributed by atoms with Gasteiger partial charge in [-0.2, -0.15) is 0 Å². The van der Waals surface area contributed by atoms with Crippen LogP contribution in [-0.4, -0.2) is 47.7 Å². The number of aliphatic carboxylic acids is 1. The van der Waals surface area contributed by atoms with Crippen molar-refractivity contribution in [3.05, 3.63) is 23.8 Å². The SMILES string of the molecule is O=C(O)[C@H]1CCCN1C(=O)c1ccc2c(c1)OCCO2. The summed E-state index contributed by atoms with van der Waals surface area (Å²) in [6, 6.07) is 4.23. The van der Waals surface area contributed by atoms with Crippen LogP contribution in [0.2, 0.25) is 0 Å². The van der Waals surface area contributed by atoms with Gasteiger partial charge in [-0.3, -0.25) is 4.79 Å². The van der Waals surface area contributed by atoms with Crippen LogP contribution in [0.3, 0.4) is 0 Å². The highest BCUT2D eigenvalue weighted by Gasteiger charge is 2.34. The highest BCUT2D eigenvalue weighted by Crippen LogP contribution is 2.32. The third kappa shape index (κ3) is 2.17. The van der Waals surface area contributed by atoms with E-state index >= 15 is 0 Å². The Labute approximate surface area is 115 Å². The van der Waals surface area contributed by atoms with Crippen molar-refractivity contribution < 1.29 is 24.2 Å². The Hall–Kier alpha value is -2.24. The molecule has 1 saturated heterocycles. The summed E-state index contributed by atoms with van der Waals surface area (Å²) >= 11 is 0. The summed E-state index contributed by atoms with van der Waals surface area (Å²) in [4.78, 5) is 25.0. The Morgan fingerprint density at radius 3 is 2.70 bits per heavy atom. The molecule has 2 aliphatic rings. The second-order valence-electron chi connectivity index (χ2n) is 4.85. The van der Waals surface area contributed by atoms with Gasteiger partial charge >= 0.3 is 5.97 Å². The molecule has 1 aromatic carbocycles. The van der Waals surface area contributed by atoms with E-state index in [1.54, 1.807) is 18.2 Å². The number of carboxylic acids is 1. The lowest BCUT2D eigenvalue weighted by atomic mass is 10.1. The van der Waals surface area contributed by atoms with Gasteiger partial charge in [0.1, 0.15) is 19.3 Å². The highest BCUT2D eigenvalue weighted by atomic mass is 16.6. The molecule has 1 N–H and O–H groups in total. The number of nitrogens with zero attached hydrogens (tertiary/aromatic N) is 1. The van der Waals surface area contributed by atoms with E-state index < -0.39 is 12.0 Å². The zero-order valence-corrected chi connectivity index (χ0v) is 10.9. The van der Waals surface area contributed by atoms with E-state index in [4.69, 9.17) is 14.6 Å². The van der Waals surface area contributed by atoms with Crippen molar-refractivity contribution in [3.8, 4) is 11.5 Å². The predicted octanol–water partition coefficient (Wildman–Crippen LogP) is 1.15. The van der Waals surface area contributed by atoms with Gasteiger partial charge < -0.3 is 19.5 Å². The molecule has 0 aliphatic carbocycles. The second kappa shape index (κ2) is 5.03. The molecule has 106 valence electrons. The minimum Gasteiger partial charge on any atom is -0.486 e. The van der Waals surface area contributed by atoms with Crippen LogP contribution in [0.15, 0.2) is 18.2 Å². The van der Waals surface area contributed by atoms with Gasteiger partial charge in [0.25, 0.3) is 5.91 Å². The van der Waals surface area contributed by atoms with E-state index in [-0.39, 0.29) is 5.91 Å². The minimum atomic E-state index is -0.951. The quantitative estimate of drug-likeness (QED) is 0.877. The first kappa shape index (κ1) is 12.8. The van der Waals surface area contributed by atoms with Gasteiger partial charge in [-0.05, 0) is 31.0 Å². The van der Waals surface area contributed by atoms with Crippen molar-refractivity contribution in [3.63, 3.8) is 0 Å². The van der Waals surface area contributed by atoms with Crippen LogP contribution in [0.4, 0.5) is 0 Å². The van der Waals surface area contributed by atoms with Crippen LogP contribution in [0, 0.1) is 0 Å². The number of amides is 1. The fourth-order valence-corrected chi connectivity index (χ4v) is 2.61. The van der Waals surface area contributed by atoms with Gasteiger partial charge in [-0.1, -0.05) is 0 Å². The molecule has 2 heterocycles. The van der Waals surface area contributed by atoms with Crippen LogP contribution in [0.25, 0.3) is 0 Å². The molecule has 1 aromatic rings. The van der Waals surface area contributed by atoms with Crippen LogP contribution < -0.4 is 9.47 Å². The molecule has 0 unspecified atom stereocenters. The number of carbonyl (C=O) groups is 2. The Balaban J connectivity index is 1.85. The Kier molecular flexibility index (Phi) is 3.22. The Bertz CT molecular complexity index is 556. The summed E-state index contributed by atoms with van der Waals surface area (Å²) in [5, 5.41) is 9.13. The molecular formula is C14H15NO5. The van der Waals surface area contributed by atoms with E-state index in [2.05, 4.69) is 0 Å². The molecule has 6 heteroatoms. The van der Waals surface area contributed by atoms with Crippen molar-refractivity contribution in [2.75, 3.05) is 19.8 Å². The van der Waals surface area contributed by atoms with Gasteiger partial charge in [-0.15, -0.1) is 0 Å². The number of rotatable bonds is 2. The molecular weight excluding hydrogens is 262 g/mol. The summed E-state index contributed by atoms with van der Waals surface area (Å²) in [7, 11) is 0. The maximum Gasteiger partial charge on any atom is 0.326 e. The van der Waals surface area contributed by atoms with Crippen molar-refractivity contribution in [1.82, 2.24) is 4.90 Å². The largest absolute Gasteiger partial charge is 0.486 e. The Morgan fingerprint density at radius 1 is 1.20 bits per heavy atom. The molecule has 20 heavy (non-hydrogen) atoms. The Morgan fingerprint density at radius 2 is 1.95 bits per heavy atom. The van der Waals surface area contributed by atoms with E-state index in [9.17, 15) is 9.59 Å². The maximum atomic E-state index is 12.4. The molecule has 0 radical (unpaired) electrons. The molecule has 1 amide bonds. The number of carboxylic acid groups (broad SMARTS) is 1. The number of likely N-dealkylation sites (tertiary alicyclic amines) is 1. The first-order chi connectivity index (χ1) is 9.66. The molecule has 1 fully saturated rings. The summed E-state index contributed by atoms with van der Waals surface area (Å²) in [6.45, 7) is 1.42. The first-order valence-corrected chi connectivity index (χ1v) is 6.60. The number of carbonyl (C=O) groups excluding carboxylic acids is 1. The monoisotopic (exact) mass is 277 g/mol. The zero-order valence-electron chi connectivity index (χ0n) is 10.9. The maximum absolute atomic E-state index is 12.4. The number of benzene rings is 1. The molecule has 0 saturated carbocycles. The molecule has 0 aromatic heterocycles. The average Bonchev–Trinajstić information content (AvgIpc) is 2.95. The molecule has 6 nitrogen and oxygen atoms in total. The molecule has 0 spiro atoms. The highest BCUT2D eigenvalue weighted by molar-refractivity contribution is 5.97. The van der Waals surface area contributed by atoms with Gasteiger partial charge in [-0.25, -0.2) is 4.79 Å². The molecule has 2 aliphatic heterocycles. The van der Waals surface area contributed by atoms with E-state index in [0.717, 1.165) is 0 Å². The molecule has 0 bridgehead atoms. The van der Waals surface area contributed by atoms with Crippen LogP contribution in [-0.2, 0) is 4.79 Å². The lowest BCUT2D eigenvalue weighted by Gasteiger charge is -2.23. The van der Waals surface area contributed by atoms with Crippen molar-refractivity contribution >= 4 is 11.9 Å². The van der Waals surface area contributed by atoms with Crippen LogP contribution in [0.1, 0.15) is 23.2 Å². The number of fused-ring (bicyclic) bond motifs is 1. The predicted molar refractivity (Wildman–Crippen MR) is 69.1 cm³/mol. The van der Waals surface area contributed by atoms with E-state index in [0.29, 0.717) is 49.7 Å². The van der Waals surface area contributed by atoms with Crippen LogP contribution in [0.5, 0.6) is 11.5 Å². The average molecular weight is 277 g/mol. The fourth-order valence-electron chi connectivity index (χ4n) is 2.61. The first-order valence-electron chi connectivity index (χ1n) is 6.60. The van der Waals surface area contributed by atoms with Crippen molar-refractivity contribution in [1.29, 1.82) is 0 Å². The topological polar surface area (TPSA) is 76.1 Å². The number of hydrogen-bond donors (Lipinski definition) is 1. The van der Waals surface area contributed by atoms with Gasteiger partial charge in [0.05, 0.1) is 0 Å². The van der Waals surface area contributed by atoms with Crippen molar-refractivity contribution in [2.24, 2.45) is 0 Å². The summed E-state index contributed by atoms with van der Waals surface area (Å²) in [5.74, 6) is -0.0718. The second-order valence-corrected chi connectivity index (χ2v) is 4.85. The lowest BCUT2D eigenvalue weighted by Crippen LogP contribution is -2.40. The lowest BCUT2D eigenvalue weighted by molar-refractivity contribution is -0.141. The fraction of sp³-hybridized carbons (Fsp3) is 0.429. The number of ether oxygens (including phenoxy) is 2. The zero-order chi connectivity index (χ0) is 14.1. The summed E-state index contributed by atoms with van der Waals surface area (Å²) in [6.07, 6.45) is 1.22. The third-order valence-electron chi connectivity index (χ3n) is 3.59. The molecule has 1 atom stereocenters. The standard InChI is InChI=1S/C14H15NO5/c16-13(15-5-1-2-10(15)14(17)18)9-3-4-11-12(8-9)20-7-6-19-11/h3-4,8,10H,1-2,5-7H2,(H,17,18)/t10-/m1/s1. The summed E-state index contributed by atoms with van der Waals surface area (Å²) < 4.78 is 10.8. The normalized spacial score (nSPS) is 20.8. The van der Waals surface area contributed by atoms with E-state index in [1.807, 2.05) is 0 Å². The van der Waals surface area contributed by atoms with E-state index in [1.165, 1.54) is 4.90 Å². The van der Waals surface area contributed by atoms with Crippen LogP contribution >= 0.6 is 0 Å². The van der Waals surface area contributed by atoms with Gasteiger partial charge in [0.2, 0.25) is 0 Å². The third-order valence-corrected chi connectivity index (χ3v) is 3.59.